The molecule has 16 heavy (non-hydrogen) atoms. The Morgan fingerprint density at radius 3 is 2.25 bits per heavy atom. The summed E-state index contributed by atoms with van der Waals surface area (Å²) in [6.45, 7) is 6.48. The first-order valence-electron chi connectivity index (χ1n) is 5.05. The third kappa shape index (κ3) is 7.82. The van der Waals surface area contributed by atoms with Crippen LogP contribution in [0.15, 0.2) is 24.3 Å². The van der Waals surface area contributed by atoms with Crippen molar-refractivity contribution >= 4 is 12.2 Å². The fourth-order valence-electron chi connectivity index (χ4n) is 0.864. The Kier molecular flexibility index (Phi) is 6.18. The molecule has 0 saturated heterocycles. The molecule has 0 aliphatic rings. The van der Waals surface area contributed by atoms with Crippen LogP contribution in [-0.2, 0) is 16.1 Å². The summed E-state index contributed by atoms with van der Waals surface area (Å²) in [7, 11) is 0. The number of carbonyl (C=O) groups is 1. The van der Waals surface area contributed by atoms with Crippen LogP contribution in [0.25, 0.3) is 0 Å². The molecule has 0 heterocycles. The summed E-state index contributed by atoms with van der Waals surface area (Å²) in [6, 6.07) is 7.58. The number of hydrogen-bond donors (Lipinski definition) is 2. The lowest BCUT2D eigenvalue weighted by Crippen LogP contribution is -2.17. The monoisotopic (exact) mass is 224 g/mol. The molecule has 4 nitrogen and oxygen atoms in total. The molecular formula is C12H20N2O2. The van der Waals surface area contributed by atoms with E-state index in [-0.39, 0.29) is 5.60 Å². The van der Waals surface area contributed by atoms with E-state index in [0.29, 0.717) is 13.0 Å². The van der Waals surface area contributed by atoms with Gasteiger partial charge in [-0.2, -0.15) is 0 Å². The van der Waals surface area contributed by atoms with Crippen LogP contribution in [0.3, 0.4) is 0 Å². The van der Waals surface area contributed by atoms with Gasteiger partial charge in [0.05, 0.1) is 0 Å². The number of rotatable bonds is 2. The zero-order valence-corrected chi connectivity index (χ0v) is 10.1. The Morgan fingerprint density at radius 1 is 1.38 bits per heavy atom. The van der Waals surface area contributed by atoms with Gasteiger partial charge >= 0.3 is 0 Å². The zero-order chi connectivity index (χ0) is 12.6. The average molecular weight is 224 g/mol. The minimum absolute atomic E-state index is 0.318. The number of benzene rings is 1. The molecule has 1 aromatic rings. The first-order valence-corrected chi connectivity index (χ1v) is 5.05. The molecule has 0 amide bonds. The Bertz CT molecular complexity index is 319. The molecule has 0 bridgehead atoms. The van der Waals surface area contributed by atoms with E-state index in [1.807, 2.05) is 45.0 Å². The topological polar surface area (TPSA) is 78.3 Å². The van der Waals surface area contributed by atoms with Crippen LogP contribution in [0, 0.1) is 0 Å². The quantitative estimate of drug-likeness (QED) is 0.592. The van der Waals surface area contributed by atoms with Crippen LogP contribution in [0.5, 0.6) is 0 Å². The van der Waals surface area contributed by atoms with Crippen molar-refractivity contribution in [1.82, 2.24) is 0 Å². The second-order valence-corrected chi connectivity index (χ2v) is 4.28. The van der Waals surface area contributed by atoms with Gasteiger partial charge in [-0.05, 0) is 38.5 Å². The fourth-order valence-corrected chi connectivity index (χ4v) is 0.864. The van der Waals surface area contributed by atoms with Crippen molar-refractivity contribution in [2.45, 2.75) is 32.9 Å². The molecule has 0 atom stereocenters. The second-order valence-electron chi connectivity index (χ2n) is 4.28. The standard InChI is InChI=1S/C7H10N2.C5H10O2/c8-5-6-2-1-3-7(9)4-6;1-5(2,3)7-4-6/h1-4H,5,8-9H2;4H,1-3H3. The van der Waals surface area contributed by atoms with Crippen molar-refractivity contribution in [3.05, 3.63) is 29.8 Å². The van der Waals surface area contributed by atoms with E-state index >= 15 is 0 Å². The lowest BCUT2D eigenvalue weighted by atomic mass is 10.2. The maximum atomic E-state index is 9.60. The SMILES string of the molecule is CC(C)(C)OC=O.NCc1cccc(N)c1. The third-order valence-electron chi connectivity index (χ3n) is 1.59. The summed E-state index contributed by atoms with van der Waals surface area (Å²) < 4.78 is 4.55. The fraction of sp³-hybridized carbons (Fsp3) is 0.417. The van der Waals surface area contributed by atoms with Crippen LogP contribution >= 0.6 is 0 Å². The second kappa shape index (κ2) is 6.85. The molecule has 4 N–H and O–H groups in total. The van der Waals surface area contributed by atoms with Gasteiger partial charge in [-0.1, -0.05) is 12.1 Å². The van der Waals surface area contributed by atoms with Gasteiger partial charge < -0.3 is 16.2 Å². The van der Waals surface area contributed by atoms with Crippen LogP contribution < -0.4 is 11.5 Å². The number of ether oxygens (including phenoxy) is 1. The van der Waals surface area contributed by atoms with Crippen LogP contribution in [0.1, 0.15) is 26.3 Å². The van der Waals surface area contributed by atoms with E-state index in [9.17, 15) is 4.79 Å². The number of nitrogens with two attached hydrogens (primary N) is 2. The first-order chi connectivity index (χ1) is 7.39. The number of nitrogen functional groups attached to an aromatic ring is 1. The van der Waals surface area contributed by atoms with Crippen molar-refractivity contribution in [3.63, 3.8) is 0 Å². The Labute approximate surface area is 96.6 Å². The summed E-state index contributed by atoms with van der Waals surface area (Å²) in [6.07, 6.45) is 0. The molecule has 0 radical (unpaired) electrons. The highest BCUT2D eigenvalue weighted by Gasteiger charge is 2.07. The molecule has 1 aromatic carbocycles. The van der Waals surface area contributed by atoms with Gasteiger partial charge in [-0.3, -0.25) is 4.79 Å². The number of anilines is 1. The minimum atomic E-state index is -0.318. The normalized spacial score (nSPS) is 10.0. The van der Waals surface area contributed by atoms with Crippen molar-refractivity contribution in [2.24, 2.45) is 5.73 Å². The van der Waals surface area contributed by atoms with Crippen molar-refractivity contribution in [1.29, 1.82) is 0 Å². The summed E-state index contributed by atoms with van der Waals surface area (Å²) in [5.41, 5.74) is 12.4. The molecule has 0 unspecified atom stereocenters. The maximum absolute atomic E-state index is 9.60. The van der Waals surface area contributed by atoms with Gasteiger partial charge in [0.1, 0.15) is 5.60 Å². The average Bonchev–Trinajstić information content (AvgIpc) is 2.17. The van der Waals surface area contributed by atoms with Gasteiger partial charge in [0.2, 0.25) is 0 Å². The molecular weight excluding hydrogens is 204 g/mol. The van der Waals surface area contributed by atoms with E-state index in [0.717, 1.165) is 11.3 Å². The lowest BCUT2D eigenvalue weighted by molar-refractivity contribution is -0.138. The van der Waals surface area contributed by atoms with Gasteiger partial charge in [-0.25, -0.2) is 0 Å². The highest BCUT2D eigenvalue weighted by molar-refractivity contribution is 5.40. The molecule has 90 valence electrons. The largest absolute Gasteiger partial charge is 0.462 e. The van der Waals surface area contributed by atoms with Crippen molar-refractivity contribution in [3.8, 4) is 0 Å². The summed E-state index contributed by atoms with van der Waals surface area (Å²) in [5.74, 6) is 0. The Morgan fingerprint density at radius 2 is 2.00 bits per heavy atom. The van der Waals surface area contributed by atoms with Gasteiger partial charge in [0.25, 0.3) is 6.47 Å². The predicted octanol–water partition coefficient (Wildman–Crippen LogP) is 1.69. The maximum Gasteiger partial charge on any atom is 0.293 e. The molecule has 0 aliphatic carbocycles. The summed E-state index contributed by atoms with van der Waals surface area (Å²) in [5, 5.41) is 0. The highest BCUT2D eigenvalue weighted by atomic mass is 16.5. The molecule has 0 saturated carbocycles. The van der Waals surface area contributed by atoms with E-state index in [1.54, 1.807) is 0 Å². The smallest absolute Gasteiger partial charge is 0.293 e. The van der Waals surface area contributed by atoms with Crippen LogP contribution in [0.4, 0.5) is 5.69 Å². The van der Waals surface area contributed by atoms with Gasteiger partial charge in [0.15, 0.2) is 0 Å². The molecule has 0 spiro atoms. The van der Waals surface area contributed by atoms with Crippen molar-refractivity contribution in [2.75, 3.05) is 5.73 Å². The van der Waals surface area contributed by atoms with Crippen LogP contribution in [0.2, 0.25) is 0 Å². The summed E-state index contributed by atoms with van der Waals surface area (Å²) >= 11 is 0. The Balaban J connectivity index is 0.000000293. The molecule has 4 heteroatoms. The molecule has 0 aromatic heterocycles. The van der Waals surface area contributed by atoms with E-state index < -0.39 is 0 Å². The first kappa shape index (κ1) is 14.5. The van der Waals surface area contributed by atoms with E-state index in [1.165, 1.54) is 0 Å². The highest BCUT2D eigenvalue weighted by Crippen LogP contribution is 2.04. The molecule has 1 rings (SSSR count). The molecule has 0 aliphatic heterocycles. The predicted molar refractivity (Wildman–Crippen MR) is 65.6 cm³/mol. The summed E-state index contributed by atoms with van der Waals surface area (Å²) in [4.78, 5) is 9.60. The Hall–Kier alpha value is -1.55. The van der Waals surface area contributed by atoms with Gasteiger partial charge in [0, 0.05) is 12.2 Å². The lowest BCUT2D eigenvalue weighted by Gasteiger charge is -2.14. The minimum Gasteiger partial charge on any atom is -0.462 e. The van der Waals surface area contributed by atoms with Crippen LogP contribution in [-0.4, -0.2) is 12.1 Å². The molecule has 0 fully saturated rings. The number of hydrogen-bond acceptors (Lipinski definition) is 4. The van der Waals surface area contributed by atoms with Crippen molar-refractivity contribution < 1.29 is 9.53 Å². The zero-order valence-electron chi connectivity index (χ0n) is 10.1. The third-order valence-corrected chi connectivity index (χ3v) is 1.59. The van der Waals surface area contributed by atoms with Gasteiger partial charge in [-0.15, -0.1) is 0 Å². The van der Waals surface area contributed by atoms with E-state index in [4.69, 9.17) is 11.5 Å². The van der Waals surface area contributed by atoms with E-state index in [2.05, 4.69) is 4.74 Å². The number of carbonyl (C=O) groups excluding carboxylic acids is 1.